The molecule has 1 aromatic heterocycles. The van der Waals surface area contributed by atoms with Gasteiger partial charge in [0.1, 0.15) is 5.56 Å². The second-order valence-corrected chi connectivity index (χ2v) is 5.43. The highest BCUT2D eigenvalue weighted by Crippen LogP contribution is 2.26. The molecule has 2 aliphatic heterocycles. The van der Waals surface area contributed by atoms with Crippen LogP contribution in [0.15, 0.2) is 12.3 Å². The van der Waals surface area contributed by atoms with Crippen LogP contribution in [0, 0.1) is 5.82 Å². The first-order valence-corrected chi connectivity index (χ1v) is 7.03. The summed E-state index contributed by atoms with van der Waals surface area (Å²) < 4.78 is 14.2. The summed E-state index contributed by atoms with van der Waals surface area (Å²) in [7, 11) is 0. The first-order valence-electron chi connectivity index (χ1n) is 7.03. The van der Waals surface area contributed by atoms with Crippen LogP contribution in [0.1, 0.15) is 29.6 Å². The lowest BCUT2D eigenvalue weighted by Crippen LogP contribution is -2.55. The van der Waals surface area contributed by atoms with E-state index in [0.717, 1.165) is 26.1 Å². The van der Waals surface area contributed by atoms with Gasteiger partial charge in [0.25, 0.3) is 0 Å². The lowest BCUT2D eigenvalue weighted by molar-refractivity contribution is 0.0691. The first kappa shape index (κ1) is 13.3. The Bertz CT molecular complexity index is 523. The number of rotatable bonds is 2. The standard InChI is InChI=1S/C14H18FN3O2/c15-12-11(14(19)20)4-5-16-13(12)18-8-7-17-6-2-1-3-10(17)9-18/h4-5,10H,1-3,6-9H2,(H,19,20). The van der Waals surface area contributed by atoms with E-state index in [1.54, 1.807) is 0 Å². The molecule has 2 aliphatic rings. The Morgan fingerprint density at radius 2 is 2.20 bits per heavy atom. The van der Waals surface area contributed by atoms with E-state index in [9.17, 15) is 9.18 Å². The van der Waals surface area contributed by atoms with Crippen molar-refractivity contribution in [3.05, 3.63) is 23.6 Å². The van der Waals surface area contributed by atoms with Gasteiger partial charge in [-0.05, 0) is 25.5 Å². The summed E-state index contributed by atoms with van der Waals surface area (Å²) in [5.74, 6) is -1.79. The molecule has 1 aromatic rings. The largest absolute Gasteiger partial charge is 0.478 e. The Morgan fingerprint density at radius 3 is 3.00 bits per heavy atom. The molecular formula is C14H18FN3O2. The Hall–Kier alpha value is -1.69. The molecule has 0 bridgehead atoms. The Labute approximate surface area is 117 Å². The SMILES string of the molecule is O=C(O)c1ccnc(N2CCN3CCCCC3C2)c1F. The molecule has 1 atom stereocenters. The molecule has 108 valence electrons. The number of carboxylic acid groups (broad SMARTS) is 1. The molecule has 0 saturated carbocycles. The minimum Gasteiger partial charge on any atom is -0.478 e. The third-order valence-corrected chi connectivity index (χ3v) is 4.24. The lowest BCUT2D eigenvalue weighted by Gasteiger charge is -2.44. The van der Waals surface area contributed by atoms with Gasteiger partial charge in [0.2, 0.25) is 0 Å². The molecule has 3 heterocycles. The van der Waals surface area contributed by atoms with Gasteiger partial charge in [-0.2, -0.15) is 0 Å². The van der Waals surface area contributed by atoms with Crippen LogP contribution in [0.25, 0.3) is 0 Å². The van der Waals surface area contributed by atoms with Gasteiger partial charge < -0.3 is 10.0 Å². The molecule has 0 radical (unpaired) electrons. The van der Waals surface area contributed by atoms with Crippen molar-refractivity contribution in [3.8, 4) is 0 Å². The van der Waals surface area contributed by atoms with Crippen LogP contribution in [0.4, 0.5) is 10.2 Å². The summed E-state index contributed by atoms with van der Waals surface area (Å²) in [6, 6.07) is 1.64. The molecule has 2 saturated heterocycles. The van der Waals surface area contributed by atoms with Gasteiger partial charge in [-0.3, -0.25) is 4.90 Å². The molecule has 0 amide bonds. The van der Waals surface area contributed by atoms with E-state index in [1.807, 2.05) is 4.90 Å². The zero-order valence-corrected chi connectivity index (χ0v) is 11.3. The van der Waals surface area contributed by atoms with E-state index in [4.69, 9.17) is 5.11 Å². The van der Waals surface area contributed by atoms with E-state index in [0.29, 0.717) is 12.6 Å². The number of carboxylic acids is 1. The molecule has 0 aromatic carbocycles. The molecule has 0 aliphatic carbocycles. The van der Waals surface area contributed by atoms with Gasteiger partial charge in [0, 0.05) is 31.9 Å². The van der Waals surface area contributed by atoms with E-state index in [1.165, 1.54) is 25.1 Å². The number of carbonyl (C=O) groups is 1. The monoisotopic (exact) mass is 279 g/mol. The number of pyridine rings is 1. The summed E-state index contributed by atoms with van der Waals surface area (Å²) in [4.78, 5) is 19.4. The maximum atomic E-state index is 14.2. The van der Waals surface area contributed by atoms with Crippen LogP contribution >= 0.6 is 0 Å². The van der Waals surface area contributed by atoms with E-state index in [-0.39, 0.29) is 11.4 Å². The molecule has 0 spiro atoms. The van der Waals surface area contributed by atoms with Gasteiger partial charge in [0.15, 0.2) is 11.6 Å². The van der Waals surface area contributed by atoms with Crippen LogP contribution in [-0.2, 0) is 0 Å². The molecular weight excluding hydrogens is 261 g/mol. The number of anilines is 1. The number of aromatic carboxylic acids is 1. The highest BCUT2D eigenvalue weighted by Gasteiger charge is 2.31. The van der Waals surface area contributed by atoms with Crippen molar-refractivity contribution in [3.63, 3.8) is 0 Å². The summed E-state index contributed by atoms with van der Waals surface area (Å²) in [5, 5.41) is 8.98. The summed E-state index contributed by atoms with van der Waals surface area (Å²) in [6.07, 6.45) is 4.93. The molecule has 6 heteroatoms. The van der Waals surface area contributed by atoms with E-state index >= 15 is 0 Å². The first-order chi connectivity index (χ1) is 9.66. The normalized spacial score (nSPS) is 23.4. The van der Waals surface area contributed by atoms with E-state index in [2.05, 4.69) is 9.88 Å². The predicted molar refractivity (Wildman–Crippen MR) is 72.6 cm³/mol. The topological polar surface area (TPSA) is 56.7 Å². The maximum Gasteiger partial charge on any atom is 0.338 e. The number of hydrogen-bond acceptors (Lipinski definition) is 4. The fraction of sp³-hybridized carbons (Fsp3) is 0.571. The van der Waals surface area contributed by atoms with Gasteiger partial charge in [-0.15, -0.1) is 0 Å². The number of piperidine rings is 1. The third kappa shape index (κ3) is 2.35. The highest BCUT2D eigenvalue weighted by atomic mass is 19.1. The summed E-state index contributed by atoms with van der Waals surface area (Å²) in [5.41, 5.74) is -0.305. The number of hydrogen-bond donors (Lipinski definition) is 1. The van der Waals surface area contributed by atoms with Crippen LogP contribution < -0.4 is 4.90 Å². The smallest absolute Gasteiger partial charge is 0.338 e. The van der Waals surface area contributed by atoms with Crippen molar-refractivity contribution < 1.29 is 14.3 Å². The molecule has 2 fully saturated rings. The zero-order chi connectivity index (χ0) is 14.1. The highest BCUT2D eigenvalue weighted by molar-refractivity contribution is 5.88. The number of piperazine rings is 1. The van der Waals surface area contributed by atoms with Crippen molar-refractivity contribution in [2.45, 2.75) is 25.3 Å². The van der Waals surface area contributed by atoms with Crippen molar-refractivity contribution in [2.24, 2.45) is 0 Å². The molecule has 1 N–H and O–H groups in total. The maximum absolute atomic E-state index is 14.2. The fourth-order valence-corrected chi connectivity index (χ4v) is 3.17. The predicted octanol–water partition coefficient (Wildman–Crippen LogP) is 1.59. The van der Waals surface area contributed by atoms with Crippen LogP contribution in [0.3, 0.4) is 0 Å². The molecule has 5 nitrogen and oxygen atoms in total. The van der Waals surface area contributed by atoms with Crippen LogP contribution in [-0.4, -0.2) is 53.2 Å². The van der Waals surface area contributed by atoms with Gasteiger partial charge >= 0.3 is 5.97 Å². The summed E-state index contributed by atoms with van der Waals surface area (Å²) >= 11 is 0. The fourth-order valence-electron chi connectivity index (χ4n) is 3.17. The van der Waals surface area contributed by atoms with Gasteiger partial charge in [-0.25, -0.2) is 14.2 Å². The lowest BCUT2D eigenvalue weighted by atomic mass is 9.99. The average molecular weight is 279 g/mol. The Morgan fingerprint density at radius 1 is 1.35 bits per heavy atom. The van der Waals surface area contributed by atoms with Crippen LogP contribution in [0.2, 0.25) is 0 Å². The number of halogens is 1. The second kappa shape index (κ2) is 5.36. The van der Waals surface area contributed by atoms with Gasteiger partial charge in [0.05, 0.1) is 0 Å². The molecule has 1 unspecified atom stereocenters. The van der Waals surface area contributed by atoms with Gasteiger partial charge in [-0.1, -0.05) is 6.42 Å². The van der Waals surface area contributed by atoms with Crippen molar-refractivity contribution in [1.82, 2.24) is 9.88 Å². The molecule has 20 heavy (non-hydrogen) atoms. The second-order valence-electron chi connectivity index (χ2n) is 5.43. The van der Waals surface area contributed by atoms with E-state index < -0.39 is 11.8 Å². The average Bonchev–Trinajstić information content (AvgIpc) is 2.46. The Balaban J connectivity index is 1.83. The Kier molecular flexibility index (Phi) is 3.56. The minimum absolute atomic E-state index is 0.176. The number of aromatic nitrogens is 1. The van der Waals surface area contributed by atoms with Crippen molar-refractivity contribution >= 4 is 11.8 Å². The summed E-state index contributed by atoms with van der Waals surface area (Å²) in [6.45, 7) is 3.43. The van der Waals surface area contributed by atoms with Crippen molar-refractivity contribution in [2.75, 3.05) is 31.1 Å². The minimum atomic E-state index is -1.25. The number of nitrogens with zero attached hydrogens (tertiary/aromatic N) is 3. The third-order valence-electron chi connectivity index (χ3n) is 4.24. The quantitative estimate of drug-likeness (QED) is 0.891. The van der Waals surface area contributed by atoms with Crippen LogP contribution in [0.5, 0.6) is 0 Å². The number of fused-ring (bicyclic) bond motifs is 1. The zero-order valence-electron chi connectivity index (χ0n) is 11.3. The van der Waals surface area contributed by atoms with Crippen molar-refractivity contribution in [1.29, 1.82) is 0 Å². The molecule has 3 rings (SSSR count).